The van der Waals surface area contributed by atoms with E-state index in [9.17, 15) is 4.79 Å². The first-order valence-electron chi connectivity index (χ1n) is 6.63. The highest BCUT2D eigenvalue weighted by Crippen LogP contribution is 2.54. The van der Waals surface area contributed by atoms with Gasteiger partial charge in [-0.1, -0.05) is 12.8 Å². The number of hydrogen-bond acceptors (Lipinski definition) is 3. The van der Waals surface area contributed by atoms with Crippen molar-refractivity contribution in [2.75, 3.05) is 18.6 Å². The Morgan fingerprint density at radius 3 is 2.76 bits per heavy atom. The van der Waals surface area contributed by atoms with Gasteiger partial charge in [-0.15, -0.1) is 0 Å². The SMILES string of the molecule is CCO[C@H]1C[C@H](NC(=O)CSC)C12CCCC2. The predicted molar refractivity (Wildman–Crippen MR) is 71.2 cm³/mol. The molecular formula is C13H23NO2S. The molecule has 2 saturated carbocycles. The maximum Gasteiger partial charge on any atom is 0.230 e. The van der Waals surface area contributed by atoms with Gasteiger partial charge in [0, 0.05) is 18.1 Å². The van der Waals surface area contributed by atoms with E-state index in [1.807, 2.05) is 6.26 Å². The fraction of sp³-hybridized carbons (Fsp3) is 0.923. The molecule has 4 heteroatoms. The Balaban J connectivity index is 1.93. The quantitative estimate of drug-likeness (QED) is 0.820. The van der Waals surface area contributed by atoms with Crippen molar-refractivity contribution in [3.05, 3.63) is 0 Å². The highest BCUT2D eigenvalue weighted by atomic mass is 32.2. The summed E-state index contributed by atoms with van der Waals surface area (Å²) in [6, 6.07) is 0.362. The molecular weight excluding hydrogens is 234 g/mol. The lowest BCUT2D eigenvalue weighted by molar-refractivity contribution is -0.142. The predicted octanol–water partition coefficient (Wildman–Crippen LogP) is 2.20. The second-order valence-corrected chi connectivity index (χ2v) is 6.04. The van der Waals surface area contributed by atoms with Crippen molar-refractivity contribution < 1.29 is 9.53 Å². The smallest absolute Gasteiger partial charge is 0.230 e. The summed E-state index contributed by atoms with van der Waals surface area (Å²) in [6.07, 6.45) is 8.39. The lowest BCUT2D eigenvalue weighted by Gasteiger charge is -2.54. The van der Waals surface area contributed by atoms with Gasteiger partial charge < -0.3 is 10.1 Å². The minimum Gasteiger partial charge on any atom is -0.378 e. The minimum absolute atomic E-state index is 0.184. The Bertz CT molecular complexity index is 277. The Kier molecular flexibility index (Phi) is 4.36. The highest BCUT2D eigenvalue weighted by molar-refractivity contribution is 7.99. The summed E-state index contributed by atoms with van der Waals surface area (Å²) in [5.41, 5.74) is 0.268. The van der Waals surface area contributed by atoms with Crippen molar-refractivity contribution in [2.45, 2.75) is 51.2 Å². The maximum absolute atomic E-state index is 11.7. The second kappa shape index (κ2) is 5.61. The van der Waals surface area contributed by atoms with E-state index in [1.54, 1.807) is 11.8 Å². The molecule has 2 atom stereocenters. The number of ether oxygens (including phenoxy) is 1. The van der Waals surface area contributed by atoms with Gasteiger partial charge in [-0.3, -0.25) is 4.79 Å². The molecule has 1 amide bonds. The monoisotopic (exact) mass is 257 g/mol. The van der Waals surface area contributed by atoms with Crippen molar-refractivity contribution in [1.82, 2.24) is 5.32 Å². The van der Waals surface area contributed by atoms with Crippen LogP contribution in [0.4, 0.5) is 0 Å². The summed E-state index contributed by atoms with van der Waals surface area (Å²) in [6.45, 7) is 2.85. The highest BCUT2D eigenvalue weighted by Gasteiger charge is 2.57. The normalized spacial score (nSPS) is 30.2. The van der Waals surface area contributed by atoms with Crippen molar-refractivity contribution in [3.63, 3.8) is 0 Å². The van der Waals surface area contributed by atoms with Crippen LogP contribution in [0.3, 0.4) is 0 Å². The first-order chi connectivity index (χ1) is 8.23. The average Bonchev–Trinajstić information content (AvgIpc) is 2.80. The van der Waals surface area contributed by atoms with Crippen molar-refractivity contribution in [1.29, 1.82) is 0 Å². The molecule has 17 heavy (non-hydrogen) atoms. The molecule has 98 valence electrons. The van der Waals surface area contributed by atoms with Crippen LogP contribution in [-0.4, -0.2) is 36.7 Å². The maximum atomic E-state index is 11.7. The number of hydrogen-bond donors (Lipinski definition) is 1. The van der Waals surface area contributed by atoms with Gasteiger partial charge in [0.05, 0.1) is 11.9 Å². The molecule has 3 nitrogen and oxygen atoms in total. The zero-order valence-corrected chi connectivity index (χ0v) is 11.6. The van der Waals surface area contributed by atoms with Crippen LogP contribution in [0, 0.1) is 5.41 Å². The van der Waals surface area contributed by atoms with E-state index in [4.69, 9.17) is 4.74 Å². The van der Waals surface area contributed by atoms with Gasteiger partial charge in [0.2, 0.25) is 5.91 Å². The molecule has 0 aromatic carbocycles. The lowest BCUT2D eigenvalue weighted by atomic mass is 9.60. The lowest BCUT2D eigenvalue weighted by Crippen LogP contribution is -2.63. The third-order valence-corrected chi connectivity index (χ3v) is 4.85. The first-order valence-corrected chi connectivity index (χ1v) is 8.02. The van der Waals surface area contributed by atoms with E-state index in [0.717, 1.165) is 13.0 Å². The molecule has 0 bridgehead atoms. The topological polar surface area (TPSA) is 38.3 Å². The molecule has 0 aromatic heterocycles. The molecule has 0 heterocycles. The van der Waals surface area contributed by atoms with E-state index in [-0.39, 0.29) is 11.3 Å². The minimum atomic E-state index is 0.184. The number of amides is 1. The van der Waals surface area contributed by atoms with Gasteiger partial charge in [-0.2, -0.15) is 11.8 Å². The number of carbonyl (C=O) groups is 1. The third kappa shape index (κ3) is 2.48. The molecule has 0 aliphatic heterocycles. The summed E-state index contributed by atoms with van der Waals surface area (Å²) in [5, 5.41) is 3.20. The molecule has 0 aromatic rings. The van der Waals surface area contributed by atoms with Crippen molar-refractivity contribution in [3.8, 4) is 0 Å². The zero-order chi connectivity index (χ0) is 12.3. The molecule has 0 saturated heterocycles. The summed E-state index contributed by atoms with van der Waals surface area (Å²) >= 11 is 1.59. The average molecular weight is 257 g/mol. The molecule has 2 aliphatic carbocycles. The van der Waals surface area contributed by atoms with Crippen molar-refractivity contribution >= 4 is 17.7 Å². The van der Waals surface area contributed by atoms with Crippen LogP contribution in [0.1, 0.15) is 39.0 Å². The van der Waals surface area contributed by atoms with Gasteiger partial charge in [0.15, 0.2) is 0 Å². The van der Waals surface area contributed by atoms with E-state index < -0.39 is 0 Å². The van der Waals surface area contributed by atoms with Crippen LogP contribution in [-0.2, 0) is 9.53 Å². The first kappa shape index (κ1) is 13.2. The molecule has 0 unspecified atom stereocenters. The third-order valence-electron chi connectivity index (χ3n) is 4.30. The van der Waals surface area contributed by atoms with Gasteiger partial charge in [0.1, 0.15) is 0 Å². The number of rotatable bonds is 5. The van der Waals surface area contributed by atoms with Crippen LogP contribution in [0.25, 0.3) is 0 Å². The Hall–Kier alpha value is -0.220. The van der Waals surface area contributed by atoms with Gasteiger partial charge in [-0.25, -0.2) is 0 Å². The Morgan fingerprint density at radius 2 is 2.18 bits per heavy atom. The summed E-state index contributed by atoms with van der Waals surface area (Å²) in [5.74, 6) is 0.759. The van der Waals surface area contributed by atoms with Gasteiger partial charge in [0.25, 0.3) is 0 Å². The van der Waals surface area contributed by atoms with Crippen molar-refractivity contribution in [2.24, 2.45) is 5.41 Å². The van der Waals surface area contributed by atoms with Crippen LogP contribution < -0.4 is 5.32 Å². The fourth-order valence-electron chi connectivity index (χ4n) is 3.46. The second-order valence-electron chi connectivity index (χ2n) is 5.17. The van der Waals surface area contributed by atoms with Crippen LogP contribution in [0.5, 0.6) is 0 Å². The van der Waals surface area contributed by atoms with E-state index >= 15 is 0 Å². The summed E-state index contributed by atoms with van der Waals surface area (Å²) in [7, 11) is 0. The Labute approximate surface area is 108 Å². The molecule has 2 aliphatic rings. The summed E-state index contributed by atoms with van der Waals surface area (Å²) in [4.78, 5) is 11.7. The van der Waals surface area contributed by atoms with E-state index in [1.165, 1.54) is 25.7 Å². The van der Waals surface area contributed by atoms with Crippen LogP contribution in [0.2, 0.25) is 0 Å². The van der Waals surface area contributed by atoms with E-state index in [0.29, 0.717) is 17.9 Å². The number of nitrogens with one attached hydrogen (secondary N) is 1. The fourth-order valence-corrected chi connectivity index (χ4v) is 3.80. The molecule has 1 N–H and O–H groups in total. The largest absolute Gasteiger partial charge is 0.378 e. The molecule has 0 radical (unpaired) electrons. The molecule has 1 spiro atoms. The number of carbonyl (C=O) groups excluding carboxylic acids is 1. The number of thioether (sulfide) groups is 1. The van der Waals surface area contributed by atoms with Gasteiger partial charge >= 0.3 is 0 Å². The van der Waals surface area contributed by atoms with Crippen LogP contribution >= 0.6 is 11.8 Å². The zero-order valence-electron chi connectivity index (χ0n) is 10.8. The van der Waals surface area contributed by atoms with Gasteiger partial charge in [-0.05, 0) is 32.4 Å². The standard InChI is InChI=1S/C13H23NO2S/c1-3-16-11-8-10(14-12(15)9-17-2)13(11)6-4-5-7-13/h10-11H,3-9H2,1-2H3,(H,14,15)/t10-,11-/m0/s1. The summed E-state index contributed by atoms with van der Waals surface area (Å²) < 4.78 is 5.83. The molecule has 2 fully saturated rings. The van der Waals surface area contributed by atoms with E-state index in [2.05, 4.69) is 12.2 Å². The van der Waals surface area contributed by atoms with Crippen LogP contribution in [0.15, 0.2) is 0 Å². The Morgan fingerprint density at radius 1 is 1.47 bits per heavy atom. The molecule has 2 rings (SSSR count).